The first-order valence-corrected chi connectivity index (χ1v) is 8.42. The maximum Gasteiger partial charge on any atom is 0.262 e. The monoisotopic (exact) mass is 350 g/mol. The predicted molar refractivity (Wildman–Crippen MR) is 103 cm³/mol. The molecule has 1 N–H and O–H groups in total. The van der Waals surface area contributed by atoms with Crippen LogP contribution >= 0.6 is 0 Å². The molecule has 0 aliphatic rings. The molecule has 3 rings (SSSR count). The summed E-state index contributed by atoms with van der Waals surface area (Å²) in [4.78, 5) is 16.8. The summed E-state index contributed by atoms with van der Waals surface area (Å²) in [7, 11) is 1.61. The van der Waals surface area contributed by atoms with Gasteiger partial charge in [0, 0.05) is 22.8 Å². The molecular weight excluding hydrogens is 328 g/mol. The number of aromatic nitrogens is 1. The van der Waals surface area contributed by atoms with Crippen LogP contribution in [0, 0.1) is 20.8 Å². The highest BCUT2D eigenvalue weighted by atomic mass is 16.5. The fourth-order valence-corrected chi connectivity index (χ4v) is 2.76. The molecule has 0 aliphatic heterocycles. The Labute approximate surface area is 153 Å². The van der Waals surface area contributed by atoms with Gasteiger partial charge in [-0.05, 0) is 56.2 Å². The average Bonchev–Trinajstić information content (AvgIpc) is 2.63. The van der Waals surface area contributed by atoms with Crippen molar-refractivity contribution >= 4 is 22.5 Å². The van der Waals surface area contributed by atoms with Crippen molar-refractivity contribution in [2.24, 2.45) is 0 Å². The van der Waals surface area contributed by atoms with Crippen molar-refractivity contribution in [2.75, 3.05) is 19.0 Å². The third kappa shape index (κ3) is 3.77. The van der Waals surface area contributed by atoms with Gasteiger partial charge >= 0.3 is 0 Å². The molecule has 26 heavy (non-hydrogen) atoms. The smallest absolute Gasteiger partial charge is 0.262 e. The molecule has 0 spiro atoms. The Morgan fingerprint density at radius 3 is 2.69 bits per heavy atom. The molecule has 0 bridgehead atoms. The first-order valence-electron chi connectivity index (χ1n) is 8.42. The van der Waals surface area contributed by atoms with Crippen LogP contribution in [0.5, 0.6) is 11.5 Å². The number of rotatable bonds is 5. The lowest BCUT2D eigenvalue weighted by Crippen LogP contribution is -2.21. The molecule has 134 valence electrons. The summed E-state index contributed by atoms with van der Waals surface area (Å²) < 4.78 is 11.1. The van der Waals surface area contributed by atoms with Crippen molar-refractivity contribution in [2.45, 2.75) is 20.8 Å². The third-order valence-electron chi connectivity index (χ3n) is 4.34. The number of nitrogens with one attached hydrogen (secondary N) is 1. The molecule has 0 atom stereocenters. The van der Waals surface area contributed by atoms with Crippen LogP contribution in [0.15, 0.2) is 42.5 Å². The molecule has 0 unspecified atom stereocenters. The highest BCUT2D eigenvalue weighted by Gasteiger charge is 2.11. The molecule has 1 aromatic heterocycles. The second kappa shape index (κ2) is 7.44. The minimum absolute atomic E-state index is 0.0802. The minimum Gasteiger partial charge on any atom is -0.497 e. The Morgan fingerprint density at radius 2 is 1.92 bits per heavy atom. The molecule has 0 saturated carbocycles. The molecule has 2 aromatic carbocycles. The van der Waals surface area contributed by atoms with E-state index in [0.29, 0.717) is 11.5 Å². The normalized spacial score (nSPS) is 10.6. The van der Waals surface area contributed by atoms with E-state index in [9.17, 15) is 4.79 Å². The van der Waals surface area contributed by atoms with Crippen LogP contribution in [0.4, 0.5) is 5.69 Å². The Kier molecular flexibility index (Phi) is 5.07. The van der Waals surface area contributed by atoms with Gasteiger partial charge in [0.15, 0.2) is 6.61 Å². The zero-order valence-corrected chi connectivity index (χ0v) is 15.4. The van der Waals surface area contributed by atoms with Crippen molar-refractivity contribution in [1.29, 1.82) is 0 Å². The molecule has 0 aliphatic carbocycles. The molecule has 1 amide bonds. The number of pyridine rings is 1. The summed E-state index contributed by atoms with van der Waals surface area (Å²) in [5.41, 5.74) is 4.61. The zero-order valence-electron chi connectivity index (χ0n) is 15.4. The summed E-state index contributed by atoms with van der Waals surface area (Å²) in [6, 6.07) is 13.2. The van der Waals surface area contributed by atoms with E-state index in [0.717, 1.165) is 33.4 Å². The topological polar surface area (TPSA) is 60.5 Å². The Morgan fingerprint density at radius 1 is 1.12 bits per heavy atom. The van der Waals surface area contributed by atoms with E-state index >= 15 is 0 Å². The highest BCUT2D eigenvalue weighted by molar-refractivity contribution is 5.93. The van der Waals surface area contributed by atoms with Crippen LogP contribution in [0.3, 0.4) is 0 Å². The number of hydrogen-bond acceptors (Lipinski definition) is 4. The quantitative estimate of drug-likeness (QED) is 0.750. The SMILES string of the molecule is COc1ccc2nc(C)cc(OCC(=O)Nc3cccc(C)c3C)c2c1. The molecule has 5 heteroatoms. The lowest BCUT2D eigenvalue weighted by Gasteiger charge is -2.13. The summed E-state index contributed by atoms with van der Waals surface area (Å²) in [6.07, 6.45) is 0. The fraction of sp³-hybridized carbons (Fsp3) is 0.238. The van der Waals surface area contributed by atoms with Crippen molar-refractivity contribution in [1.82, 2.24) is 4.98 Å². The van der Waals surface area contributed by atoms with Gasteiger partial charge in [0.1, 0.15) is 11.5 Å². The molecule has 0 saturated heterocycles. The zero-order chi connectivity index (χ0) is 18.7. The van der Waals surface area contributed by atoms with Crippen LogP contribution < -0.4 is 14.8 Å². The van der Waals surface area contributed by atoms with E-state index < -0.39 is 0 Å². The molecular formula is C21H22N2O3. The maximum atomic E-state index is 12.3. The number of carbonyl (C=O) groups is 1. The predicted octanol–water partition coefficient (Wildman–Crippen LogP) is 4.19. The summed E-state index contributed by atoms with van der Waals surface area (Å²) >= 11 is 0. The number of aryl methyl sites for hydroxylation is 2. The van der Waals surface area contributed by atoms with Gasteiger partial charge in [-0.1, -0.05) is 12.1 Å². The highest BCUT2D eigenvalue weighted by Crippen LogP contribution is 2.29. The second-order valence-corrected chi connectivity index (χ2v) is 6.23. The number of carbonyl (C=O) groups excluding carboxylic acids is 1. The van der Waals surface area contributed by atoms with Crippen LogP contribution in [0.1, 0.15) is 16.8 Å². The Hall–Kier alpha value is -3.08. The molecule has 1 heterocycles. The maximum absolute atomic E-state index is 12.3. The number of benzene rings is 2. The first kappa shape index (κ1) is 17.7. The van der Waals surface area contributed by atoms with Crippen LogP contribution in [0.2, 0.25) is 0 Å². The number of methoxy groups -OCH3 is 1. The van der Waals surface area contributed by atoms with Gasteiger partial charge in [-0.3, -0.25) is 9.78 Å². The van der Waals surface area contributed by atoms with Crippen molar-refractivity contribution in [3.8, 4) is 11.5 Å². The van der Waals surface area contributed by atoms with Gasteiger partial charge in [-0.15, -0.1) is 0 Å². The third-order valence-corrected chi connectivity index (χ3v) is 4.34. The van der Waals surface area contributed by atoms with Crippen molar-refractivity contribution in [3.05, 3.63) is 59.3 Å². The van der Waals surface area contributed by atoms with E-state index in [1.165, 1.54) is 0 Å². The number of ether oxygens (including phenoxy) is 2. The van der Waals surface area contributed by atoms with Gasteiger partial charge in [-0.25, -0.2) is 0 Å². The fourth-order valence-electron chi connectivity index (χ4n) is 2.76. The van der Waals surface area contributed by atoms with Gasteiger partial charge in [0.25, 0.3) is 5.91 Å². The van der Waals surface area contributed by atoms with Crippen LogP contribution in [-0.4, -0.2) is 24.6 Å². The van der Waals surface area contributed by atoms with E-state index in [2.05, 4.69) is 10.3 Å². The summed E-state index contributed by atoms with van der Waals surface area (Å²) in [6.45, 7) is 5.81. The summed E-state index contributed by atoms with van der Waals surface area (Å²) in [5, 5.41) is 3.72. The lowest BCUT2D eigenvalue weighted by atomic mass is 10.1. The van der Waals surface area contributed by atoms with Crippen molar-refractivity contribution < 1.29 is 14.3 Å². The first-order chi connectivity index (χ1) is 12.5. The van der Waals surface area contributed by atoms with Gasteiger partial charge in [-0.2, -0.15) is 0 Å². The summed E-state index contributed by atoms with van der Waals surface area (Å²) in [5.74, 6) is 1.12. The second-order valence-electron chi connectivity index (χ2n) is 6.23. The van der Waals surface area contributed by atoms with E-state index in [1.54, 1.807) is 7.11 Å². The van der Waals surface area contributed by atoms with E-state index in [4.69, 9.17) is 9.47 Å². The van der Waals surface area contributed by atoms with Crippen LogP contribution in [0.25, 0.3) is 10.9 Å². The number of amides is 1. The molecule has 3 aromatic rings. The average molecular weight is 350 g/mol. The largest absolute Gasteiger partial charge is 0.497 e. The van der Waals surface area contributed by atoms with Crippen LogP contribution in [-0.2, 0) is 4.79 Å². The lowest BCUT2D eigenvalue weighted by molar-refractivity contribution is -0.118. The van der Waals surface area contributed by atoms with Crippen molar-refractivity contribution in [3.63, 3.8) is 0 Å². The standard InChI is InChI=1S/C21H22N2O3/c1-13-6-5-7-18(15(13)3)23-21(24)12-26-20-10-14(2)22-19-9-8-16(25-4)11-17(19)20/h5-11H,12H2,1-4H3,(H,23,24). The Bertz CT molecular complexity index is 967. The number of fused-ring (bicyclic) bond motifs is 1. The number of anilines is 1. The number of hydrogen-bond donors (Lipinski definition) is 1. The molecule has 0 fully saturated rings. The minimum atomic E-state index is -0.204. The van der Waals surface area contributed by atoms with E-state index in [1.807, 2.05) is 63.2 Å². The molecule has 5 nitrogen and oxygen atoms in total. The Balaban J connectivity index is 1.78. The number of nitrogens with zero attached hydrogens (tertiary/aromatic N) is 1. The van der Waals surface area contributed by atoms with Gasteiger partial charge in [0.05, 0.1) is 12.6 Å². The van der Waals surface area contributed by atoms with E-state index in [-0.39, 0.29) is 12.5 Å². The van der Waals surface area contributed by atoms with Gasteiger partial charge < -0.3 is 14.8 Å². The van der Waals surface area contributed by atoms with Gasteiger partial charge in [0.2, 0.25) is 0 Å². The molecule has 0 radical (unpaired) electrons.